The van der Waals surface area contributed by atoms with Crippen LogP contribution in [0.2, 0.25) is 0 Å². The number of rotatable bonds is 5. The molecule has 4 rings (SSSR count). The van der Waals surface area contributed by atoms with Gasteiger partial charge in [0.15, 0.2) is 4.34 Å². The van der Waals surface area contributed by atoms with E-state index in [4.69, 9.17) is 4.42 Å². The van der Waals surface area contributed by atoms with E-state index in [0.717, 1.165) is 32.6 Å². The minimum absolute atomic E-state index is 0.521. The number of hydrogen-bond acceptors (Lipinski definition) is 8. The van der Waals surface area contributed by atoms with E-state index in [1.807, 2.05) is 24.3 Å². The molecule has 1 aliphatic rings. The molecule has 0 aliphatic carbocycles. The van der Waals surface area contributed by atoms with Gasteiger partial charge in [-0.2, -0.15) is 0 Å². The van der Waals surface area contributed by atoms with Gasteiger partial charge in [0, 0.05) is 17.6 Å². The fourth-order valence-corrected chi connectivity index (χ4v) is 4.66. The Hall–Kier alpha value is -1.45. The summed E-state index contributed by atoms with van der Waals surface area (Å²) in [5, 5.41) is 17.8. The Labute approximate surface area is 155 Å². The number of anilines is 1. The van der Waals surface area contributed by atoms with Gasteiger partial charge in [-0.25, -0.2) is 0 Å². The van der Waals surface area contributed by atoms with Crippen LogP contribution in [0.4, 0.5) is 5.13 Å². The van der Waals surface area contributed by atoms with Crippen molar-refractivity contribution in [2.75, 3.05) is 18.0 Å². The molecule has 24 heavy (non-hydrogen) atoms. The lowest BCUT2D eigenvalue weighted by molar-refractivity contribution is 0.528. The first-order valence-corrected chi connectivity index (χ1v) is 10.2. The summed E-state index contributed by atoms with van der Waals surface area (Å²) in [6.07, 6.45) is 2.48. The summed E-state index contributed by atoms with van der Waals surface area (Å²) in [7, 11) is 0. The van der Waals surface area contributed by atoms with Crippen LogP contribution in [0.25, 0.3) is 11.5 Å². The van der Waals surface area contributed by atoms with Crippen LogP contribution in [0.5, 0.6) is 0 Å². The number of benzene rings is 1. The van der Waals surface area contributed by atoms with Crippen molar-refractivity contribution < 1.29 is 4.42 Å². The summed E-state index contributed by atoms with van der Waals surface area (Å²) in [6, 6.07) is 7.80. The monoisotopic (exact) mass is 423 g/mol. The molecule has 1 aliphatic heterocycles. The highest BCUT2D eigenvalue weighted by Gasteiger charge is 2.17. The molecular weight excluding hydrogens is 410 g/mol. The minimum Gasteiger partial charge on any atom is -0.420 e. The Morgan fingerprint density at radius 1 is 1.12 bits per heavy atom. The van der Waals surface area contributed by atoms with Crippen LogP contribution in [0.15, 0.2) is 37.5 Å². The van der Waals surface area contributed by atoms with Crippen molar-refractivity contribution in [1.29, 1.82) is 0 Å². The van der Waals surface area contributed by atoms with Crippen molar-refractivity contribution in [1.82, 2.24) is 20.4 Å². The maximum Gasteiger partial charge on any atom is 0.248 e. The summed E-state index contributed by atoms with van der Waals surface area (Å²) in [6.45, 7) is 2.16. The van der Waals surface area contributed by atoms with Gasteiger partial charge in [-0.3, -0.25) is 0 Å². The molecule has 0 spiro atoms. The Bertz CT molecular complexity index is 831. The maximum absolute atomic E-state index is 5.75. The molecule has 9 heteroatoms. The van der Waals surface area contributed by atoms with Gasteiger partial charge in [0.2, 0.25) is 16.9 Å². The van der Waals surface area contributed by atoms with Crippen molar-refractivity contribution in [3.05, 3.63) is 34.6 Å². The topological polar surface area (TPSA) is 67.9 Å². The third-order valence-electron chi connectivity index (χ3n) is 3.66. The summed E-state index contributed by atoms with van der Waals surface area (Å²) >= 11 is 6.70. The SMILES string of the molecule is Brc1ccccc1-c1nnc(CSc2nnc(N3CCCC3)s2)o1. The predicted octanol–water partition coefficient (Wildman–Crippen LogP) is 4.24. The second-order valence-electron chi connectivity index (χ2n) is 5.31. The van der Waals surface area contributed by atoms with Gasteiger partial charge in [0.05, 0.1) is 11.3 Å². The van der Waals surface area contributed by atoms with E-state index >= 15 is 0 Å². The number of aromatic nitrogens is 4. The van der Waals surface area contributed by atoms with Gasteiger partial charge in [0.25, 0.3) is 0 Å². The minimum atomic E-state index is 0.521. The summed E-state index contributed by atoms with van der Waals surface area (Å²) in [4.78, 5) is 2.29. The number of halogens is 1. The molecule has 124 valence electrons. The van der Waals surface area contributed by atoms with Gasteiger partial charge in [-0.15, -0.1) is 20.4 Å². The molecular formula is C15H14BrN5OS2. The molecule has 2 aromatic heterocycles. The van der Waals surface area contributed by atoms with E-state index in [0.29, 0.717) is 17.5 Å². The standard InChI is InChI=1S/C15H14BrN5OS2/c16-11-6-2-1-5-10(11)13-18-17-12(22-13)9-23-15-20-19-14(24-15)21-7-3-4-8-21/h1-2,5-6H,3-4,7-9H2. The maximum atomic E-state index is 5.75. The van der Waals surface area contributed by atoms with Gasteiger partial charge in [0.1, 0.15) is 0 Å². The van der Waals surface area contributed by atoms with Crippen molar-refractivity contribution in [2.45, 2.75) is 22.9 Å². The predicted molar refractivity (Wildman–Crippen MR) is 98.4 cm³/mol. The van der Waals surface area contributed by atoms with Crippen LogP contribution in [-0.4, -0.2) is 33.5 Å². The van der Waals surface area contributed by atoms with E-state index in [1.54, 1.807) is 23.1 Å². The molecule has 0 unspecified atom stereocenters. The first-order valence-electron chi connectivity index (χ1n) is 7.58. The Balaban J connectivity index is 1.41. The van der Waals surface area contributed by atoms with Gasteiger partial charge < -0.3 is 9.32 Å². The number of nitrogens with zero attached hydrogens (tertiary/aromatic N) is 5. The van der Waals surface area contributed by atoms with E-state index < -0.39 is 0 Å². The molecule has 1 saturated heterocycles. The van der Waals surface area contributed by atoms with Crippen LogP contribution in [0.1, 0.15) is 18.7 Å². The molecule has 0 amide bonds. The molecule has 1 fully saturated rings. The highest BCUT2D eigenvalue weighted by molar-refractivity contribution is 9.10. The quantitative estimate of drug-likeness (QED) is 0.568. The number of thioether (sulfide) groups is 1. The molecule has 3 aromatic rings. The highest BCUT2D eigenvalue weighted by atomic mass is 79.9. The Morgan fingerprint density at radius 3 is 2.79 bits per heavy atom. The summed E-state index contributed by atoms with van der Waals surface area (Å²) in [5.74, 6) is 1.70. The molecule has 0 N–H and O–H groups in total. The summed E-state index contributed by atoms with van der Waals surface area (Å²) in [5.41, 5.74) is 0.897. The van der Waals surface area contributed by atoms with Gasteiger partial charge >= 0.3 is 0 Å². The molecule has 3 heterocycles. The lowest BCUT2D eigenvalue weighted by Crippen LogP contribution is -2.17. The Kier molecular flexibility index (Phi) is 4.81. The van der Waals surface area contributed by atoms with E-state index in [1.165, 1.54) is 12.8 Å². The molecule has 6 nitrogen and oxygen atoms in total. The lowest BCUT2D eigenvalue weighted by Gasteiger charge is -2.10. The largest absolute Gasteiger partial charge is 0.420 e. The average Bonchev–Trinajstić information content (AvgIpc) is 3.34. The molecule has 0 radical (unpaired) electrons. The zero-order valence-corrected chi connectivity index (χ0v) is 15.9. The third-order valence-corrected chi connectivity index (χ3v) is 6.46. The zero-order chi connectivity index (χ0) is 16.4. The van der Waals surface area contributed by atoms with Crippen molar-refractivity contribution in [3.8, 4) is 11.5 Å². The summed E-state index contributed by atoms with van der Waals surface area (Å²) < 4.78 is 7.62. The highest BCUT2D eigenvalue weighted by Crippen LogP contribution is 2.32. The van der Waals surface area contributed by atoms with Gasteiger partial charge in [-0.05, 0) is 40.9 Å². The van der Waals surface area contributed by atoms with Crippen LogP contribution in [-0.2, 0) is 5.75 Å². The van der Waals surface area contributed by atoms with Crippen LogP contribution in [0, 0.1) is 0 Å². The van der Waals surface area contributed by atoms with Crippen LogP contribution in [0.3, 0.4) is 0 Å². The molecule has 0 atom stereocenters. The van der Waals surface area contributed by atoms with Crippen molar-refractivity contribution in [3.63, 3.8) is 0 Å². The second-order valence-corrected chi connectivity index (χ2v) is 8.35. The van der Waals surface area contributed by atoms with Crippen molar-refractivity contribution in [2.24, 2.45) is 0 Å². The van der Waals surface area contributed by atoms with Crippen molar-refractivity contribution >= 4 is 44.2 Å². The first-order chi connectivity index (χ1) is 11.8. The van der Waals surface area contributed by atoms with Gasteiger partial charge in [-0.1, -0.05) is 35.2 Å². The third kappa shape index (κ3) is 3.47. The fraction of sp³-hybridized carbons (Fsp3) is 0.333. The van der Waals surface area contributed by atoms with E-state index in [-0.39, 0.29) is 0 Å². The number of hydrogen-bond donors (Lipinski definition) is 0. The van der Waals surface area contributed by atoms with Crippen LogP contribution < -0.4 is 4.90 Å². The fourth-order valence-electron chi connectivity index (χ4n) is 2.48. The zero-order valence-electron chi connectivity index (χ0n) is 12.7. The van der Waals surface area contributed by atoms with E-state index in [9.17, 15) is 0 Å². The van der Waals surface area contributed by atoms with Crippen LogP contribution >= 0.6 is 39.0 Å². The molecule has 1 aromatic carbocycles. The Morgan fingerprint density at radius 2 is 1.96 bits per heavy atom. The molecule has 0 saturated carbocycles. The first kappa shape index (κ1) is 16.0. The lowest BCUT2D eigenvalue weighted by atomic mass is 10.2. The smallest absolute Gasteiger partial charge is 0.248 e. The average molecular weight is 424 g/mol. The second kappa shape index (κ2) is 7.20. The normalized spacial score (nSPS) is 14.5. The van der Waals surface area contributed by atoms with E-state index in [2.05, 4.69) is 41.2 Å². The molecule has 0 bridgehead atoms.